The number of carbonyl (C=O) groups is 1. The van der Waals surface area contributed by atoms with E-state index in [1.54, 1.807) is 11.8 Å². The molecule has 20 heavy (non-hydrogen) atoms. The van der Waals surface area contributed by atoms with Gasteiger partial charge in [-0.2, -0.15) is 0 Å². The van der Waals surface area contributed by atoms with Crippen LogP contribution in [0.1, 0.15) is 36.9 Å². The number of nitrogen functional groups attached to an aromatic ring is 1. The fourth-order valence-corrected chi connectivity index (χ4v) is 4.68. The van der Waals surface area contributed by atoms with E-state index in [-0.39, 0.29) is 11.7 Å². The zero-order chi connectivity index (χ0) is 15.1. The van der Waals surface area contributed by atoms with Gasteiger partial charge in [-0.15, -0.1) is 23.1 Å². The van der Waals surface area contributed by atoms with E-state index in [0.29, 0.717) is 17.1 Å². The molecule has 1 aromatic rings. The van der Waals surface area contributed by atoms with Crippen LogP contribution in [0.25, 0.3) is 0 Å². The summed E-state index contributed by atoms with van der Waals surface area (Å²) in [6, 6.07) is 0. The molecule has 0 aliphatic carbocycles. The first-order valence-corrected chi connectivity index (χ1v) is 8.78. The second-order valence-corrected chi connectivity index (χ2v) is 7.69. The highest BCUT2D eigenvalue weighted by molar-refractivity contribution is 7.99. The monoisotopic (exact) mass is 314 g/mol. The maximum absolute atomic E-state index is 12.2. The molecule has 3 N–H and O–H groups in total. The van der Waals surface area contributed by atoms with Crippen molar-refractivity contribution in [3.05, 3.63) is 4.88 Å². The minimum absolute atomic E-state index is 0.0554. The molecule has 1 saturated heterocycles. The van der Waals surface area contributed by atoms with Gasteiger partial charge < -0.3 is 15.7 Å². The van der Waals surface area contributed by atoms with Crippen molar-refractivity contribution in [1.29, 1.82) is 0 Å². The minimum Gasteiger partial charge on any atom is -0.396 e. The van der Waals surface area contributed by atoms with E-state index < -0.39 is 5.60 Å². The molecule has 0 amide bonds. The largest absolute Gasteiger partial charge is 0.396 e. The molecule has 1 unspecified atom stereocenters. The zero-order valence-corrected chi connectivity index (χ0v) is 14.0. The number of ketones is 1. The van der Waals surface area contributed by atoms with Crippen molar-refractivity contribution >= 4 is 39.6 Å². The van der Waals surface area contributed by atoms with Crippen LogP contribution in [0.15, 0.2) is 4.90 Å². The number of rotatable bonds is 4. The molecule has 1 aromatic heterocycles. The number of hydrogen-bond acceptors (Lipinski definition) is 6. The predicted octanol–water partition coefficient (Wildman–Crippen LogP) is 2.85. The summed E-state index contributed by atoms with van der Waals surface area (Å²) in [5.41, 5.74) is 6.11. The molecular formula is C14H22N2O2S2. The molecule has 0 aromatic carbocycles. The molecule has 2 heterocycles. The first-order valence-electron chi connectivity index (χ1n) is 6.74. The Labute approximate surface area is 128 Å². The zero-order valence-electron chi connectivity index (χ0n) is 12.4. The van der Waals surface area contributed by atoms with Gasteiger partial charge in [0.25, 0.3) is 0 Å². The molecule has 0 radical (unpaired) electrons. The average molecular weight is 314 g/mol. The maximum atomic E-state index is 12.2. The summed E-state index contributed by atoms with van der Waals surface area (Å²) in [4.78, 5) is 16.0. The molecule has 0 spiro atoms. The molecule has 112 valence electrons. The Morgan fingerprint density at radius 3 is 2.65 bits per heavy atom. The van der Waals surface area contributed by atoms with Crippen LogP contribution in [0, 0.1) is 5.92 Å². The molecule has 0 saturated carbocycles. The quantitative estimate of drug-likeness (QED) is 0.661. The fourth-order valence-electron chi connectivity index (χ4n) is 2.39. The molecule has 1 fully saturated rings. The van der Waals surface area contributed by atoms with Gasteiger partial charge in [-0.1, -0.05) is 13.8 Å². The number of carbonyl (C=O) groups excluding carboxylic acids is 1. The molecule has 2 rings (SSSR count). The summed E-state index contributed by atoms with van der Waals surface area (Å²) in [7, 11) is 0. The van der Waals surface area contributed by atoms with Crippen LogP contribution >= 0.6 is 23.1 Å². The highest BCUT2D eigenvalue weighted by atomic mass is 32.2. The second kappa shape index (κ2) is 5.58. The standard InChI is InChI=1S/C14H22N2O2S2/c1-8(2)10(17)11-9(15)12(19-4)13(20-11)16-6-5-14(3,18)7-16/h8,18H,5-7,15H2,1-4H3. The SMILES string of the molecule is CSc1c(N2CCC(C)(O)C2)sc(C(=O)C(C)C)c1N. The topological polar surface area (TPSA) is 66.6 Å². The predicted molar refractivity (Wildman–Crippen MR) is 87.1 cm³/mol. The van der Waals surface area contributed by atoms with Crippen LogP contribution < -0.4 is 10.6 Å². The Balaban J connectivity index is 2.39. The van der Waals surface area contributed by atoms with Gasteiger partial charge >= 0.3 is 0 Å². The van der Waals surface area contributed by atoms with Gasteiger partial charge in [-0.25, -0.2) is 0 Å². The Morgan fingerprint density at radius 1 is 1.55 bits per heavy atom. The van der Waals surface area contributed by atoms with E-state index in [1.807, 2.05) is 27.0 Å². The number of nitrogens with zero attached hydrogens (tertiary/aromatic N) is 1. The highest BCUT2D eigenvalue weighted by Crippen LogP contribution is 2.46. The molecule has 1 aliphatic rings. The summed E-state index contributed by atoms with van der Waals surface area (Å²) in [6.45, 7) is 7.02. The third-order valence-corrected chi connectivity index (χ3v) is 5.81. The Hall–Kier alpha value is -0.720. The third-order valence-electron chi connectivity index (χ3n) is 3.57. The lowest BCUT2D eigenvalue weighted by Gasteiger charge is -2.20. The second-order valence-electron chi connectivity index (χ2n) is 5.87. The lowest BCUT2D eigenvalue weighted by molar-refractivity contribution is 0.0839. The summed E-state index contributed by atoms with van der Waals surface area (Å²) >= 11 is 3.03. The van der Waals surface area contributed by atoms with Gasteiger partial charge in [0.05, 0.1) is 21.1 Å². The lowest BCUT2D eigenvalue weighted by atomic mass is 10.1. The van der Waals surface area contributed by atoms with Crippen molar-refractivity contribution in [3.8, 4) is 0 Å². The Morgan fingerprint density at radius 2 is 2.20 bits per heavy atom. The number of aliphatic hydroxyl groups is 1. The third kappa shape index (κ3) is 2.82. The number of β-amino-alcohol motifs (C(OH)–C–C–N with tert-alkyl or cyclic N) is 1. The van der Waals surface area contributed by atoms with Crippen molar-refractivity contribution in [2.45, 2.75) is 37.7 Å². The van der Waals surface area contributed by atoms with Crippen LogP contribution in [-0.2, 0) is 0 Å². The van der Waals surface area contributed by atoms with E-state index in [9.17, 15) is 9.90 Å². The van der Waals surface area contributed by atoms with Crippen molar-refractivity contribution < 1.29 is 9.90 Å². The fraction of sp³-hybridized carbons (Fsp3) is 0.643. The van der Waals surface area contributed by atoms with E-state index in [2.05, 4.69) is 4.90 Å². The van der Waals surface area contributed by atoms with Gasteiger partial charge in [0.15, 0.2) is 5.78 Å². The Bertz CT molecular complexity index is 523. The summed E-state index contributed by atoms with van der Waals surface area (Å²) < 4.78 is 0. The lowest BCUT2D eigenvalue weighted by Crippen LogP contribution is -2.29. The van der Waals surface area contributed by atoms with Crippen molar-refractivity contribution in [2.24, 2.45) is 5.92 Å². The number of nitrogens with two attached hydrogens (primary N) is 1. The number of hydrogen-bond donors (Lipinski definition) is 2. The molecule has 0 bridgehead atoms. The van der Waals surface area contributed by atoms with Crippen LogP contribution in [0.5, 0.6) is 0 Å². The van der Waals surface area contributed by atoms with Crippen LogP contribution in [0.2, 0.25) is 0 Å². The molecule has 6 heteroatoms. The first kappa shape index (κ1) is 15.7. The van der Waals surface area contributed by atoms with Crippen LogP contribution in [0.4, 0.5) is 10.7 Å². The molecule has 4 nitrogen and oxygen atoms in total. The van der Waals surface area contributed by atoms with E-state index in [0.717, 1.165) is 22.9 Å². The average Bonchev–Trinajstić information content (AvgIpc) is 2.88. The number of anilines is 2. The number of Topliss-reactive ketones (excluding diaryl/α,β-unsaturated/α-hetero) is 1. The minimum atomic E-state index is -0.656. The summed E-state index contributed by atoms with van der Waals surface area (Å²) in [5, 5.41) is 11.1. The summed E-state index contributed by atoms with van der Waals surface area (Å²) in [6.07, 6.45) is 2.71. The molecule has 1 atom stereocenters. The molecule has 1 aliphatic heterocycles. The summed E-state index contributed by atoms with van der Waals surface area (Å²) in [5.74, 6) is 0.0419. The van der Waals surface area contributed by atoms with E-state index >= 15 is 0 Å². The van der Waals surface area contributed by atoms with Gasteiger partial charge in [-0.3, -0.25) is 4.79 Å². The van der Waals surface area contributed by atoms with Crippen molar-refractivity contribution in [2.75, 3.05) is 30.0 Å². The van der Waals surface area contributed by atoms with Gasteiger partial charge in [0.2, 0.25) is 0 Å². The number of thiophene rings is 1. The highest BCUT2D eigenvalue weighted by Gasteiger charge is 2.34. The van der Waals surface area contributed by atoms with Crippen molar-refractivity contribution in [1.82, 2.24) is 0 Å². The number of thioether (sulfide) groups is 1. The van der Waals surface area contributed by atoms with Crippen LogP contribution in [0.3, 0.4) is 0 Å². The van der Waals surface area contributed by atoms with Crippen LogP contribution in [-0.4, -0.2) is 35.8 Å². The van der Waals surface area contributed by atoms with Gasteiger partial charge in [0.1, 0.15) is 5.00 Å². The van der Waals surface area contributed by atoms with E-state index in [4.69, 9.17) is 5.73 Å². The first-order chi connectivity index (χ1) is 9.26. The Kier molecular flexibility index (Phi) is 4.37. The van der Waals surface area contributed by atoms with Gasteiger partial charge in [0, 0.05) is 19.0 Å². The normalized spacial score (nSPS) is 22.8. The molecular weight excluding hydrogens is 292 g/mol. The smallest absolute Gasteiger partial charge is 0.177 e. The van der Waals surface area contributed by atoms with Gasteiger partial charge in [-0.05, 0) is 19.6 Å². The van der Waals surface area contributed by atoms with E-state index in [1.165, 1.54) is 11.3 Å². The van der Waals surface area contributed by atoms with Crippen molar-refractivity contribution in [3.63, 3.8) is 0 Å². The maximum Gasteiger partial charge on any atom is 0.177 e.